The van der Waals surface area contributed by atoms with Gasteiger partial charge in [0.25, 0.3) is 5.91 Å². The minimum atomic E-state index is -0.0753. The van der Waals surface area contributed by atoms with E-state index in [1.165, 1.54) is 4.90 Å². The van der Waals surface area contributed by atoms with E-state index in [-0.39, 0.29) is 5.91 Å². The fraction of sp³-hybridized carbons (Fsp3) is 0.143. The van der Waals surface area contributed by atoms with Crippen LogP contribution in [-0.4, -0.2) is 29.4 Å². The number of aromatic nitrogens is 1. The van der Waals surface area contributed by atoms with Gasteiger partial charge in [0.15, 0.2) is 0 Å². The first-order valence-corrected chi connectivity index (χ1v) is 5.26. The lowest BCUT2D eigenvalue weighted by atomic mass is 10.1. The second-order valence-corrected chi connectivity index (χ2v) is 3.78. The molecule has 0 aliphatic rings. The monoisotopic (exact) mass is 224 g/mol. The van der Waals surface area contributed by atoms with Crippen molar-refractivity contribution in [2.24, 2.45) is 0 Å². The standard InChI is InChI=1S/C14H12N2O/c1-3-9-16(2)14(17)12-6-7-13-11(10-12)5-4-8-15-13/h1,4-8,10H,9H2,2H3. The molecule has 17 heavy (non-hydrogen) atoms. The van der Waals surface area contributed by atoms with Gasteiger partial charge in [-0.15, -0.1) is 6.42 Å². The molecule has 1 amide bonds. The van der Waals surface area contributed by atoms with E-state index in [4.69, 9.17) is 6.42 Å². The lowest BCUT2D eigenvalue weighted by molar-refractivity contribution is 0.0813. The number of nitrogens with zero attached hydrogens (tertiary/aromatic N) is 2. The molecule has 2 aromatic rings. The molecule has 0 aliphatic carbocycles. The zero-order valence-electron chi connectivity index (χ0n) is 9.55. The van der Waals surface area contributed by atoms with Gasteiger partial charge >= 0.3 is 0 Å². The van der Waals surface area contributed by atoms with Gasteiger partial charge in [-0.25, -0.2) is 0 Å². The van der Waals surface area contributed by atoms with Crippen molar-refractivity contribution in [2.45, 2.75) is 0 Å². The van der Waals surface area contributed by atoms with Crippen molar-refractivity contribution in [2.75, 3.05) is 13.6 Å². The van der Waals surface area contributed by atoms with Crippen molar-refractivity contribution in [3.05, 3.63) is 42.1 Å². The first-order valence-electron chi connectivity index (χ1n) is 5.26. The highest BCUT2D eigenvalue weighted by Gasteiger charge is 2.10. The smallest absolute Gasteiger partial charge is 0.254 e. The highest BCUT2D eigenvalue weighted by molar-refractivity contribution is 5.97. The summed E-state index contributed by atoms with van der Waals surface area (Å²) in [6, 6.07) is 9.22. The summed E-state index contributed by atoms with van der Waals surface area (Å²) in [4.78, 5) is 17.7. The number of amides is 1. The number of pyridine rings is 1. The van der Waals surface area contributed by atoms with Gasteiger partial charge in [0, 0.05) is 24.2 Å². The molecule has 0 unspecified atom stereocenters. The largest absolute Gasteiger partial charge is 0.331 e. The molecule has 1 heterocycles. The zero-order valence-corrected chi connectivity index (χ0v) is 9.55. The van der Waals surface area contributed by atoms with Crippen LogP contribution in [0.2, 0.25) is 0 Å². The molecule has 0 saturated heterocycles. The van der Waals surface area contributed by atoms with Crippen molar-refractivity contribution in [3.63, 3.8) is 0 Å². The van der Waals surface area contributed by atoms with E-state index >= 15 is 0 Å². The van der Waals surface area contributed by atoms with Crippen LogP contribution in [0.5, 0.6) is 0 Å². The molecule has 0 saturated carbocycles. The van der Waals surface area contributed by atoms with E-state index in [1.807, 2.05) is 24.3 Å². The van der Waals surface area contributed by atoms with E-state index in [2.05, 4.69) is 10.9 Å². The first-order chi connectivity index (χ1) is 8.22. The Balaban J connectivity index is 2.37. The third kappa shape index (κ3) is 2.26. The molecule has 0 spiro atoms. The number of fused-ring (bicyclic) bond motifs is 1. The quantitative estimate of drug-likeness (QED) is 0.730. The Morgan fingerprint density at radius 1 is 1.47 bits per heavy atom. The number of hydrogen-bond donors (Lipinski definition) is 0. The molecule has 0 atom stereocenters. The normalized spacial score (nSPS) is 9.88. The molecule has 0 radical (unpaired) electrons. The summed E-state index contributed by atoms with van der Waals surface area (Å²) in [5, 5.41) is 0.951. The summed E-state index contributed by atoms with van der Waals surface area (Å²) in [5.74, 6) is 2.37. The second-order valence-electron chi connectivity index (χ2n) is 3.78. The van der Waals surface area contributed by atoms with Crippen LogP contribution >= 0.6 is 0 Å². The molecule has 3 nitrogen and oxygen atoms in total. The maximum Gasteiger partial charge on any atom is 0.254 e. The van der Waals surface area contributed by atoms with Gasteiger partial charge < -0.3 is 4.90 Å². The van der Waals surface area contributed by atoms with Crippen LogP contribution in [-0.2, 0) is 0 Å². The van der Waals surface area contributed by atoms with Crippen molar-refractivity contribution in [3.8, 4) is 12.3 Å². The van der Waals surface area contributed by atoms with Gasteiger partial charge in [-0.05, 0) is 24.3 Å². The molecule has 1 aromatic heterocycles. The predicted molar refractivity (Wildman–Crippen MR) is 67.5 cm³/mol. The molecular weight excluding hydrogens is 212 g/mol. The van der Waals surface area contributed by atoms with Crippen molar-refractivity contribution >= 4 is 16.8 Å². The number of carbonyl (C=O) groups excluding carboxylic acids is 1. The fourth-order valence-electron chi connectivity index (χ4n) is 1.64. The highest BCUT2D eigenvalue weighted by atomic mass is 16.2. The Morgan fingerprint density at radius 2 is 2.29 bits per heavy atom. The Kier molecular flexibility index (Phi) is 3.06. The van der Waals surface area contributed by atoms with Gasteiger partial charge in [0.2, 0.25) is 0 Å². The van der Waals surface area contributed by atoms with Crippen LogP contribution in [0.1, 0.15) is 10.4 Å². The minimum Gasteiger partial charge on any atom is -0.331 e. The van der Waals surface area contributed by atoms with E-state index < -0.39 is 0 Å². The molecule has 2 rings (SSSR count). The van der Waals surface area contributed by atoms with Crippen LogP contribution in [0, 0.1) is 12.3 Å². The van der Waals surface area contributed by atoms with Crippen molar-refractivity contribution in [1.29, 1.82) is 0 Å². The van der Waals surface area contributed by atoms with E-state index in [1.54, 1.807) is 19.3 Å². The third-order valence-corrected chi connectivity index (χ3v) is 2.53. The molecule has 0 N–H and O–H groups in total. The fourth-order valence-corrected chi connectivity index (χ4v) is 1.64. The summed E-state index contributed by atoms with van der Waals surface area (Å²) in [6.07, 6.45) is 6.91. The minimum absolute atomic E-state index is 0.0753. The maximum absolute atomic E-state index is 12.0. The molecule has 84 valence electrons. The Labute approximate surface area is 100 Å². The number of terminal acetylenes is 1. The van der Waals surface area contributed by atoms with Gasteiger partial charge in [0.1, 0.15) is 0 Å². The number of benzene rings is 1. The van der Waals surface area contributed by atoms with Crippen LogP contribution < -0.4 is 0 Å². The van der Waals surface area contributed by atoms with E-state index in [0.29, 0.717) is 12.1 Å². The first kappa shape index (κ1) is 11.2. The molecule has 3 heteroatoms. The molecule has 0 fully saturated rings. The van der Waals surface area contributed by atoms with Gasteiger partial charge in [-0.2, -0.15) is 0 Å². The second kappa shape index (κ2) is 4.67. The Bertz CT molecular complexity index is 598. The molecule has 0 aliphatic heterocycles. The van der Waals surface area contributed by atoms with Crippen LogP contribution in [0.4, 0.5) is 0 Å². The SMILES string of the molecule is C#CCN(C)C(=O)c1ccc2ncccc2c1. The Morgan fingerprint density at radius 3 is 3.06 bits per heavy atom. The summed E-state index contributed by atoms with van der Waals surface area (Å²) < 4.78 is 0. The summed E-state index contributed by atoms with van der Waals surface area (Å²) in [5.41, 5.74) is 1.51. The van der Waals surface area contributed by atoms with Crippen LogP contribution in [0.15, 0.2) is 36.5 Å². The van der Waals surface area contributed by atoms with E-state index in [9.17, 15) is 4.79 Å². The average molecular weight is 224 g/mol. The lowest BCUT2D eigenvalue weighted by Gasteiger charge is -2.13. The third-order valence-electron chi connectivity index (χ3n) is 2.53. The van der Waals surface area contributed by atoms with Crippen LogP contribution in [0.3, 0.4) is 0 Å². The summed E-state index contributed by atoms with van der Waals surface area (Å²) >= 11 is 0. The highest BCUT2D eigenvalue weighted by Crippen LogP contribution is 2.14. The van der Waals surface area contributed by atoms with Crippen LogP contribution in [0.25, 0.3) is 10.9 Å². The number of hydrogen-bond acceptors (Lipinski definition) is 2. The average Bonchev–Trinajstić information content (AvgIpc) is 2.37. The summed E-state index contributed by atoms with van der Waals surface area (Å²) in [7, 11) is 1.69. The molecule has 1 aromatic carbocycles. The Hall–Kier alpha value is -2.34. The van der Waals surface area contributed by atoms with Gasteiger partial charge in [0.05, 0.1) is 12.1 Å². The molecule has 0 bridgehead atoms. The lowest BCUT2D eigenvalue weighted by Crippen LogP contribution is -2.26. The van der Waals surface area contributed by atoms with Gasteiger partial charge in [-0.1, -0.05) is 12.0 Å². The zero-order chi connectivity index (χ0) is 12.3. The predicted octanol–water partition coefficient (Wildman–Crippen LogP) is 1.94. The topological polar surface area (TPSA) is 33.2 Å². The summed E-state index contributed by atoms with van der Waals surface area (Å²) in [6.45, 7) is 0.309. The number of carbonyl (C=O) groups is 1. The van der Waals surface area contributed by atoms with Crippen molar-refractivity contribution in [1.82, 2.24) is 9.88 Å². The number of rotatable bonds is 2. The molecular formula is C14H12N2O. The van der Waals surface area contributed by atoms with E-state index in [0.717, 1.165) is 10.9 Å². The maximum atomic E-state index is 12.0. The van der Waals surface area contributed by atoms with Gasteiger partial charge in [-0.3, -0.25) is 9.78 Å². The van der Waals surface area contributed by atoms with Crippen molar-refractivity contribution < 1.29 is 4.79 Å².